The van der Waals surface area contributed by atoms with Crippen LogP contribution in [0.25, 0.3) is 6.08 Å². The van der Waals surface area contributed by atoms with E-state index in [1.807, 2.05) is 26.0 Å². The molecule has 0 radical (unpaired) electrons. The summed E-state index contributed by atoms with van der Waals surface area (Å²) in [6.07, 6.45) is 9.33. The van der Waals surface area contributed by atoms with Gasteiger partial charge in [-0.2, -0.15) is 0 Å². The molecule has 0 spiro atoms. The second-order valence-electron chi connectivity index (χ2n) is 8.02. The minimum atomic E-state index is -0.430. The highest BCUT2D eigenvalue weighted by molar-refractivity contribution is 5.97. The van der Waals surface area contributed by atoms with E-state index < -0.39 is 6.10 Å². The Kier molecular flexibility index (Phi) is 7.53. The maximum atomic E-state index is 13.3. The van der Waals surface area contributed by atoms with E-state index >= 15 is 0 Å². The van der Waals surface area contributed by atoms with Crippen molar-refractivity contribution in [2.75, 3.05) is 26.7 Å². The third-order valence-corrected chi connectivity index (χ3v) is 5.48. The number of hydrogen-bond acceptors (Lipinski definition) is 7. The van der Waals surface area contributed by atoms with Crippen molar-refractivity contribution < 1.29 is 19.4 Å². The van der Waals surface area contributed by atoms with Crippen LogP contribution in [0.1, 0.15) is 47.2 Å². The quantitative estimate of drug-likeness (QED) is 0.732. The zero-order chi connectivity index (χ0) is 23.3. The number of rotatable bonds is 6. The van der Waals surface area contributed by atoms with Gasteiger partial charge in [0.2, 0.25) is 5.88 Å². The number of nitrogens with zero attached hydrogens (tertiary/aromatic N) is 5. The van der Waals surface area contributed by atoms with E-state index in [0.29, 0.717) is 12.1 Å². The Bertz CT molecular complexity index is 982. The topological polar surface area (TPSA) is 109 Å². The Morgan fingerprint density at radius 1 is 1.38 bits per heavy atom. The summed E-state index contributed by atoms with van der Waals surface area (Å²) >= 11 is 0. The molecule has 0 aromatic carbocycles. The van der Waals surface area contributed by atoms with Crippen molar-refractivity contribution in [3.05, 3.63) is 53.8 Å². The zero-order valence-corrected chi connectivity index (χ0v) is 18.8. The second kappa shape index (κ2) is 10.3. The van der Waals surface area contributed by atoms with Crippen molar-refractivity contribution in [3.63, 3.8) is 0 Å². The predicted molar refractivity (Wildman–Crippen MR) is 119 cm³/mol. The summed E-state index contributed by atoms with van der Waals surface area (Å²) in [5.74, 6) is -0.426. The number of allylic oxidation sites excluding steroid dienone is 1. The summed E-state index contributed by atoms with van der Waals surface area (Å²) in [7, 11) is 1.68. The Labute approximate surface area is 187 Å². The number of amides is 2. The average Bonchev–Trinajstić information content (AvgIpc) is 2.81. The van der Waals surface area contributed by atoms with Crippen LogP contribution in [-0.2, 0) is 0 Å². The molecule has 0 saturated carbocycles. The number of ether oxygens (including phenoxy) is 1. The molecule has 32 heavy (non-hydrogen) atoms. The van der Waals surface area contributed by atoms with Gasteiger partial charge in [0.05, 0.1) is 25.4 Å². The molecule has 1 aliphatic heterocycles. The molecule has 0 fully saturated rings. The molecule has 2 aromatic heterocycles. The van der Waals surface area contributed by atoms with E-state index in [2.05, 4.69) is 15.0 Å². The number of aromatic nitrogens is 3. The van der Waals surface area contributed by atoms with Gasteiger partial charge in [0.25, 0.3) is 11.8 Å². The third kappa shape index (κ3) is 5.11. The highest BCUT2D eigenvalue weighted by Crippen LogP contribution is 2.27. The minimum absolute atomic E-state index is 0.129. The van der Waals surface area contributed by atoms with E-state index in [1.54, 1.807) is 31.1 Å². The summed E-state index contributed by atoms with van der Waals surface area (Å²) < 4.78 is 6.20. The van der Waals surface area contributed by atoms with Crippen LogP contribution in [0.15, 0.2) is 36.9 Å². The summed E-state index contributed by atoms with van der Waals surface area (Å²) in [5, 5.41) is 9.73. The number of aliphatic hydroxyl groups is 1. The van der Waals surface area contributed by atoms with Crippen LogP contribution >= 0.6 is 0 Å². The van der Waals surface area contributed by atoms with Crippen molar-refractivity contribution in [2.45, 2.75) is 32.9 Å². The number of fused-ring (bicyclic) bond motifs is 1. The molecule has 9 heteroatoms. The Hall–Kier alpha value is -3.33. The van der Waals surface area contributed by atoms with Crippen molar-refractivity contribution in [2.24, 2.45) is 5.92 Å². The van der Waals surface area contributed by atoms with Gasteiger partial charge in [0.15, 0.2) is 0 Å². The minimum Gasteiger partial charge on any atom is -0.472 e. The van der Waals surface area contributed by atoms with E-state index in [0.717, 1.165) is 5.56 Å². The van der Waals surface area contributed by atoms with Crippen LogP contribution in [0.3, 0.4) is 0 Å². The van der Waals surface area contributed by atoms with Crippen LogP contribution < -0.4 is 4.74 Å². The van der Waals surface area contributed by atoms with E-state index in [4.69, 9.17) is 4.74 Å². The monoisotopic (exact) mass is 439 g/mol. The number of hydrogen-bond donors (Lipinski definition) is 1. The molecule has 2 aromatic rings. The number of carbonyl (C=O) groups excluding carboxylic acids is 2. The molecule has 2 amide bonds. The highest BCUT2D eigenvalue weighted by Gasteiger charge is 2.34. The first-order valence-electron chi connectivity index (χ1n) is 10.6. The van der Waals surface area contributed by atoms with Gasteiger partial charge in [0.1, 0.15) is 17.4 Å². The van der Waals surface area contributed by atoms with E-state index in [-0.39, 0.29) is 48.5 Å². The van der Waals surface area contributed by atoms with Gasteiger partial charge in [-0.05, 0) is 25.5 Å². The standard InChI is InChI=1S/C23H29N5O4/c1-5-6-17-9-18-21(26-10-17)32-20(15(2)12-28(22(18)30)16(3)14-29)13-27(4)23(31)19-11-24-7-8-25-19/h5-11,15-16,20,29H,12-14H2,1-4H3/t15-,16+,20+/m1/s1. The van der Waals surface area contributed by atoms with Gasteiger partial charge in [-0.25, -0.2) is 9.97 Å². The Morgan fingerprint density at radius 2 is 2.16 bits per heavy atom. The summed E-state index contributed by atoms with van der Waals surface area (Å²) in [5.41, 5.74) is 1.36. The fourth-order valence-electron chi connectivity index (χ4n) is 3.58. The summed E-state index contributed by atoms with van der Waals surface area (Å²) in [4.78, 5) is 41.7. The van der Waals surface area contributed by atoms with Crippen LogP contribution in [0.2, 0.25) is 0 Å². The van der Waals surface area contributed by atoms with Crippen molar-refractivity contribution >= 4 is 17.9 Å². The molecule has 3 rings (SSSR count). The molecule has 0 bridgehead atoms. The fraction of sp³-hybridized carbons (Fsp3) is 0.435. The first-order chi connectivity index (χ1) is 15.3. The summed E-state index contributed by atoms with van der Waals surface area (Å²) in [6, 6.07) is 1.37. The molecule has 3 atom stereocenters. The molecule has 0 aliphatic carbocycles. The summed E-state index contributed by atoms with van der Waals surface area (Å²) in [6.45, 7) is 6.11. The molecular formula is C23H29N5O4. The first-order valence-corrected chi connectivity index (χ1v) is 10.6. The molecule has 0 saturated heterocycles. The van der Waals surface area contributed by atoms with Crippen LogP contribution in [0.4, 0.5) is 0 Å². The predicted octanol–water partition coefficient (Wildman–Crippen LogP) is 1.90. The Morgan fingerprint density at radius 3 is 2.81 bits per heavy atom. The number of likely N-dealkylation sites (N-methyl/N-ethyl adjacent to an activating group) is 1. The van der Waals surface area contributed by atoms with Gasteiger partial charge in [-0.1, -0.05) is 19.1 Å². The van der Waals surface area contributed by atoms with Gasteiger partial charge in [-0.15, -0.1) is 0 Å². The largest absolute Gasteiger partial charge is 0.472 e. The van der Waals surface area contributed by atoms with E-state index in [1.165, 1.54) is 23.5 Å². The molecule has 1 N–H and O–H groups in total. The molecule has 0 unspecified atom stereocenters. The van der Waals surface area contributed by atoms with Crippen molar-refractivity contribution in [3.8, 4) is 5.88 Å². The smallest absolute Gasteiger partial charge is 0.273 e. The number of pyridine rings is 1. The van der Waals surface area contributed by atoms with Crippen molar-refractivity contribution in [1.29, 1.82) is 0 Å². The zero-order valence-electron chi connectivity index (χ0n) is 18.8. The third-order valence-electron chi connectivity index (χ3n) is 5.48. The molecule has 1 aliphatic rings. The van der Waals surface area contributed by atoms with Gasteiger partial charge in [-0.3, -0.25) is 14.6 Å². The van der Waals surface area contributed by atoms with Crippen molar-refractivity contribution in [1.82, 2.24) is 24.8 Å². The number of aliphatic hydroxyl groups excluding tert-OH is 1. The maximum absolute atomic E-state index is 13.3. The molecule has 3 heterocycles. The fourth-order valence-corrected chi connectivity index (χ4v) is 3.58. The van der Waals surface area contributed by atoms with Gasteiger partial charge >= 0.3 is 0 Å². The number of carbonyl (C=O) groups is 2. The lowest BCUT2D eigenvalue weighted by molar-refractivity contribution is 0.0312. The first kappa shape index (κ1) is 23.3. The normalized spacial score (nSPS) is 19.7. The van der Waals surface area contributed by atoms with Gasteiger partial charge < -0.3 is 19.6 Å². The average molecular weight is 440 g/mol. The second-order valence-corrected chi connectivity index (χ2v) is 8.02. The lowest BCUT2D eigenvalue weighted by atomic mass is 9.99. The lowest BCUT2D eigenvalue weighted by Gasteiger charge is -2.37. The van der Waals surface area contributed by atoms with Gasteiger partial charge in [0, 0.05) is 38.1 Å². The highest BCUT2D eigenvalue weighted by atomic mass is 16.5. The lowest BCUT2D eigenvalue weighted by Crippen LogP contribution is -2.50. The molecule has 170 valence electrons. The van der Waals surface area contributed by atoms with Crippen LogP contribution in [0.5, 0.6) is 5.88 Å². The SMILES string of the molecule is CC=Cc1cnc2c(c1)C(=O)N([C@@H](C)CO)C[C@@H](C)[C@H](CN(C)C(=O)c1cnccn1)O2. The molecule has 9 nitrogen and oxygen atoms in total. The molecular weight excluding hydrogens is 410 g/mol. The van der Waals surface area contributed by atoms with E-state index in [9.17, 15) is 14.7 Å². The maximum Gasteiger partial charge on any atom is 0.273 e. The Balaban J connectivity index is 1.93. The van der Waals surface area contributed by atoms with Crippen LogP contribution in [0, 0.1) is 5.92 Å². The van der Waals surface area contributed by atoms with Crippen LogP contribution in [-0.4, -0.2) is 80.6 Å².